The molecule has 4 rings (SSSR count). The van der Waals surface area contributed by atoms with Crippen LogP contribution in [0.2, 0.25) is 0 Å². The molecule has 0 unspecified atom stereocenters. The third-order valence-corrected chi connectivity index (χ3v) is 5.23. The van der Waals surface area contributed by atoms with Gasteiger partial charge < -0.3 is 5.11 Å². The lowest BCUT2D eigenvalue weighted by Gasteiger charge is -2.33. The summed E-state index contributed by atoms with van der Waals surface area (Å²) in [5, 5.41) is 11.7. The summed E-state index contributed by atoms with van der Waals surface area (Å²) in [7, 11) is 0. The van der Waals surface area contributed by atoms with E-state index in [0.717, 1.165) is 16.7 Å². The second-order valence-corrected chi connectivity index (χ2v) is 6.71. The van der Waals surface area contributed by atoms with E-state index in [9.17, 15) is 9.90 Å². The first kappa shape index (κ1) is 15.8. The Balaban J connectivity index is 1.90. The van der Waals surface area contributed by atoms with Gasteiger partial charge in [-0.2, -0.15) is 0 Å². The highest BCUT2D eigenvalue weighted by Gasteiger charge is 2.54. The van der Waals surface area contributed by atoms with Crippen LogP contribution in [-0.4, -0.2) is 10.9 Å². The summed E-state index contributed by atoms with van der Waals surface area (Å²) in [6, 6.07) is 29.3. The highest BCUT2D eigenvalue weighted by Crippen LogP contribution is 2.54. The van der Waals surface area contributed by atoms with Gasteiger partial charge in [0.1, 0.15) is 11.4 Å². The molecule has 3 atom stereocenters. The predicted molar refractivity (Wildman–Crippen MR) is 98.3 cm³/mol. The molecule has 3 aromatic carbocycles. The molecule has 1 saturated carbocycles. The summed E-state index contributed by atoms with van der Waals surface area (Å²) < 4.78 is 0. The van der Waals surface area contributed by atoms with Crippen LogP contribution in [0.15, 0.2) is 91.0 Å². The summed E-state index contributed by atoms with van der Waals surface area (Å²) in [4.78, 5) is 13.0. The molecule has 1 fully saturated rings. The van der Waals surface area contributed by atoms with Crippen molar-refractivity contribution in [1.29, 1.82) is 0 Å². The number of carbonyl (C=O) groups excluding carboxylic acids is 1. The lowest BCUT2D eigenvalue weighted by Crippen LogP contribution is -2.30. The van der Waals surface area contributed by atoms with Gasteiger partial charge in [0, 0.05) is 12.3 Å². The normalized spacial score (nSPS) is 25.9. The molecule has 3 aromatic rings. The molecule has 1 N–H and O–H groups in total. The summed E-state index contributed by atoms with van der Waals surface area (Å²) in [6.07, 6.45) is 0.135. The lowest BCUT2D eigenvalue weighted by molar-refractivity contribution is -0.119. The highest BCUT2D eigenvalue weighted by atomic mass is 16.3. The summed E-state index contributed by atoms with van der Waals surface area (Å²) >= 11 is 0. The Labute approximate surface area is 147 Å². The van der Waals surface area contributed by atoms with E-state index >= 15 is 0 Å². The number of ketones is 1. The summed E-state index contributed by atoms with van der Waals surface area (Å²) in [5.74, 6) is -0.550. The van der Waals surface area contributed by atoms with E-state index in [4.69, 9.17) is 0 Å². The largest absolute Gasteiger partial charge is 0.384 e. The van der Waals surface area contributed by atoms with Crippen LogP contribution in [0, 0.1) is 0 Å². The van der Waals surface area contributed by atoms with Crippen molar-refractivity contribution >= 4 is 5.78 Å². The fourth-order valence-electron chi connectivity index (χ4n) is 4.12. The Bertz CT molecular complexity index is 858. The molecule has 25 heavy (non-hydrogen) atoms. The highest BCUT2D eigenvalue weighted by molar-refractivity contribution is 5.91. The van der Waals surface area contributed by atoms with Gasteiger partial charge in [-0.15, -0.1) is 0 Å². The van der Waals surface area contributed by atoms with Gasteiger partial charge in [0.25, 0.3) is 0 Å². The monoisotopic (exact) mass is 328 g/mol. The van der Waals surface area contributed by atoms with E-state index < -0.39 is 5.60 Å². The van der Waals surface area contributed by atoms with Crippen molar-refractivity contribution < 1.29 is 9.90 Å². The van der Waals surface area contributed by atoms with Gasteiger partial charge in [-0.25, -0.2) is 0 Å². The van der Waals surface area contributed by atoms with Crippen molar-refractivity contribution in [3.8, 4) is 0 Å². The molecule has 0 bridgehead atoms. The van der Waals surface area contributed by atoms with Crippen LogP contribution in [0.3, 0.4) is 0 Å². The molecule has 0 spiro atoms. The van der Waals surface area contributed by atoms with Crippen molar-refractivity contribution in [2.75, 3.05) is 0 Å². The van der Waals surface area contributed by atoms with Crippen molar-refractivity contribution in [2.24, 2.45) is 0 Å². The number of aliphatic hydroxyl groups is 1. The van der Waals surface area contributed by atoms with Crippen molar-refractivity contribution in [3.05, 3.63) is 108 Å². The van der Waals surface area contributed by atoms with E-state index in [1.807, 2.05) is 91.0 Å². The van der Waals surface area contributed by atoms with Gasteiger partial charge in [0.2, 0.25) is 0 Å². The minimum atomic E-state index is -1.19. The second kappa shape index (κ2) is 6.30. The molecule has 0 saturated heterocycles. The van der Waals surface area contributed by atoms with Crippen LogP contribution in [-0.2, 0) is 10.4 Å². The molecule has 1 aliphatic rings. The maximum Gasteiger partial charge on any atom is 0.144 e. The quantitative estimate of drug-likeness (QED) is 0.773. The van der Waals surface area contributed by atoms with Gasteiger partial charge in [-0.1, -0.05) is 91.0 Å². The molecule has 0 amide bonds. The predicted octanol–water partition coefficient (Wildman–Crippen LogP) is 4.41. The zero-order chi connectivity index (χ0) is 17.3. The second-order valence-electron chi connectivity index (χ2n) is 6.71. The minimum absolute atomic E-state index is 0.0893. The van der Waals surface area contributed by atoms with Gasteiger partial charge in [-0.05, 0) is 16.7 Å². The first-order valence-electron chi connectivity index (χ1n) is 8.60. The first-order chi connectivity index (χ1) is 12.2. The van der Waals surface area contributed by atoms with Gasteiger partial charge >= 0.3 is 0 Å². The number of benzene rings is 3. The molecule has 2 heteroatoms. The average Bonchev–Trinajstić information content (AvgIpc) is 2.95. The van der Waals surface area contributed by atoms with Crippen LogP contribution < -0.4 is 0 Å². The molecule has 0 heterocycles. The first-order valence-corrected chi connectivity index (χ1v) is 8.60. The van der Waals surface area contributed by atoms with Crippen molar-refractivity contribution in [2.45, 2.75) is 23.9 Å². The van der Waals surface area contributed by atoms with E-state index in [-0.39, 0.29) is 24.0 Å². The number of Topliss-reactive ketones (excluding diaryl/α,β-unsaturated/α-hetero) is 1. The Morgan fingerprint density at radius 1 is 0.720 bits per heavy atom. The SMILES string of the molecule is O=C1C[C@@](O)(c2ccccc2)[C@@H](c2ccccc2)[C@H]1c1ccccc1. The fraction of sp³-hybridized carbons (Fsp3) is 0.174. The lowest BCUT2D eigenvalue weighted by atomic mass is 9.74. The number of hydrogen-bond acceptors (Lipinski definition) is 2. The Hall–Kier alpha value is -2.71. The summed E-state index contributed by atoms with van der Waals surface area (Å²) in [5.41, 5.74) is 1.57. The van der Waals surface area contributed by atoms with Crippen LogP contribution in [0.25, 0.3) is 0 Å². The molecule has 1 aliphatic carbocycles. The van der Waals surface area contributed by atoms with E-state index in [1.165, 1.54) is 0 Å². The van der Waals surface area contributed by atoms with E-state index in [0.29, 0.717) is 0 Å². The Morgan fingerprint density at radius 2 is 1.20 bits per heavy atom. The molecule has 0 aromatic heterocycles. The third-order valence-electron chi connectivity index (χ3n) is 5.23. The molecular weight excluding hydrogens is 308 g/mol. The van der Waals surface area contributed by atoms with Gasteiger partial charge in [-0.3, -0.25) is 4.79 Å². The standard InChI is InChI=1S/C23H20O2/c24-20-16-23(25,19-14-8-3-9-15-19)22(18-12-6-2-7-13-18)21(20)17-10-4-1-5-11-17/h1-15,21-22,25H,16H2/t21-,22-,23+/m0/s1. The summed E-state index contributed by atoms with van der Waals surface area (Å²) in [6.45, 7) is 0. The maximum absolute atomic E-state index is 13.0. The Kier molecular flexibility index (Phi) is 3.98. The number of rotatable bonds is 3. The smallest absolute Gasteiger partial charge is 0.144 e. The molecule has 2 nitrogen and oxygen atoms in total. The van der Waals surface area contributed by atoms with Crippen molar-refractivity contribution in [3.63, 3.8) is 0 Å². The fourth-order valence-corrected chi connectivity index (χ4v) is 4.12. The van der Waals surface area contributed by atoms with Gasteiger partial charge in [0.05, 0.1) is 5.92 Å². The maximum atomic E-state index is 13.0. The minimum Gasteiger partial charge on any atom is -0.384 e. The molecule has 0 radical (unpaired) electrons. The van der Waals surface area contributed by atoms with Crippen LogP contribution in [0.1, 0.15) is 34.9 Å². The Morgan fingerprint density at radius 3 is 1.76 bits per heavy atom. The third kappa shape index (κ3) is 2.69. The zero-order valence-corrected chi connectivity index (χ0v) is 13.9. The zero-order valence-electron chi connectivity index (χ0n) is 13.9. The van der Waals surface area contributed by atoms with E-state index in [1.54, 1.807) is 0 Å². The van der Waals surface area contributed by atoms with Gasteiger partial charge in [0.15, 0.2) is 0 Å². The average molecular weight is 328 g/mol. The van der Waals surface area contributed by atoms with Crippen LogP contribution in [0.5, 0.6) is 0 Å². The van der Waals surface area contributed by atoms with Crippen LogP contribution >= 0.6 is 0 Å². The topological polar surface area (TPSA) is 37.3 Å². The van der Waals surface area contributed by atoms with Crippen LogP contribution in [0.4, 0.5) is 0 Å². The number of carbonyl (C=O) groups is 1. The molecule has 0 aliphatic heterocycles. The molecular formula is C23H20O2. The number of hydrogen-bond donors (Lipinski definition) is 1. The van der Waals surface area contributed by atoms with E-state index in [2.05, 4.69) is 0 Å². The molecule has 124 valence electrons. The van der Waals surface area contributed by atoms with Crippen molar-refractivity contribution in [1.82, 2.24) is 0 Å².